The fraction of sp³-hybridized carbons (Fsp3) is 0.250. The number of carboxylic acids is 1. The third-order valence-electron chi connectivity index (χ3n) is 2.16. The summed E-state index contributed by atoms with van der Waals surface area (Å²) in [7, 11) is 0. The quantitative estimate of drug-likeness (QED) is 0.734. The molecule has 19 heavy (non-hydrogen) atoms. The summed E-state index contributed by atoms with van der Waals surface area (Å²) in [6.07, 6.45) is 2.84. The molecule has 0 amide bonds. The number of aliphatic carboxylic acids is 1. The Morgan fingerprint density at radius 1 is 1.47 bits per heavy atom. The first-order valence-electron chi connectivity index (χ1n) is 5.30. The van der Waals surface area contributed by atoms with E-state index < -0.39 is 11.7 Å². The zero-order valence-corrected chi connectivity index (χ0v) is 11.1. The molecule has 0 unspecified atom stereocenters. The van der Waals surface area contributed by atoms with E-state index in [1.54, 1.807) is 6.92 Å². The van der Waals surface area contributed by atoms with Crippen LogP contribution in [0.25, 0.3) is 12.2 Å². The second kappa shape index (κ2) is 6.79. The predicted molar refractivity (Wildman–Crippen MR) is 73.0 cm³/mol. The summed E-state index contributed by atoms with van der Waals surface area (Å²) in [6, 6.07) is 0. The van der Waals surface area contributed by atoms with Gasteiger partial charge in [0.2, 0.25) is 0 Å². The van der Waals surface area contributed by atoms with Crippen LogP contribution >= 0.6 is 11.8 Å². The van der Waals surface area contributed by atoms with E-state index in [0.29, 0.717) is 11.3 Å². The number of carboxylic acid groups (broad SMARTS) is 1. The Morgan fingerprint density at radius 2 is 2.16 bits per heavy atom. The monoisotopic (exact) mass is 283 g/mol. The van der Waals surface area contributed by atoms with Crippen LogP contribution in [-0.2, 0) is 9.59 Å². The van der Waals surface area contributed by atoms with Crippen molar-refractivity contribution < 1.29 is 19.1 Å². The standard InChI is InChI=1S/C12H13NO5S/c1-3-8-10(18-12(17)13-8)4-7(2)9(14)5-19-6-11(15)16/h3-4H,1,5-6H2,2H3,(H,13,17)(H,15,16)/b7-4+. The summed E-state index contributed by atoms with van der Waals surface area (Å²) in [5.74, 6) is -1.64. The molecule has 0 aliphatic rings. The molecule has 2 N–H and O–H groups in total. The minimum atomic E-state index is -0.968. The summed E-state index contributed by atoms with van der Waals surface area (Å²) in [5, 5.41) is 8.46. The highest BCUT2D eigenvalue weighted by atomic mass is 32.2. The van der Waals surface area contributed by atoms with Gasteiger partial charge in [-0.25, -0.2) is 4.79 Å². The Bertz CT molecular complexity index is 581. The van der Waals surface area contributed by atoms with Crippen LogP contribution < -0.4 is 5.76 Å². The van der Waals surface area contributed by atoms with Gasteiger partial charge < -0.3 is 9.52 Å². The first kappa shape index (κ1) is 15.0. The lowest BCUT2D eigenvalue weighted by atomic mass is 10.1. The fourth-order valence-corrected chi connectivity index (χ4v) is 1.92. The molecular formula is C12H13NO5S. The number of oxazole rings is 1. The van der Waals surface area contributed by atoms with E-state index in [2.05, 4.69) is 11.6 Å². The second-order valence-corrected chi connectivity index (χ2v) is 4.62. The van der Waals surface area contributed by atoms with E-state index >= 15 is 0 Å². The smallest absolute Gasteiger partial charge is 0.417 e. The number of carbonyl (C=O) groups is 2. The number of H-pyrrole nitrogens is 1. The van der Waals surface area contributed by atoms with Crippen LogP contribution in [0.1, 0.15) is 18.4 Å². The number of rotatable bonds is 7. The molecule has 1 aromatic heterocycles. The largest absolute Gasteiger partial charge is 0.481 e. The van der Waals surface area contributed by atoms with Crippen molar-refractivity contribution in [1.29, 1.82) is 0 Å². The highest BCUT2D eigenvalue weighted by Crippen LogP contribution is 2.13. The van der Waals surface area contributed by atoms with Gasteiger partial charge in [0.1, 0.15) is 0 Å². The molecule has 0 aliphatic heterocycles. The van der Waals surface area contributed by atoms with Crippen LogP contribution in [0, 0.1) is 0 Å². The van der Waals surface area contributed by atoms with Gasteiger partial charge in [-0.05, 0) is 24.6 Å². The molecule has 0 fully saturated rings. The Balaban J connectivity index is 2.75. The van der Waals surface area contributed by atoms with E-state index in [9.17, 15) is 14.4 Å². The number of nitrogens with one attached hydrogen (secondary N) is 1. The minimum absolute atomic E-state index is 0.0622. The van der Waals surface area contributed by atoms with Gasteiger partial charge in [-0.1, -0.05) is 6.58 Å². The van der Waals surface area contributed by atoms with Crippen molar-refractivity contribution in [2.24, 2.45) is 0 Å². The van der Waals surface area contributed by atoms with E-state index in [-0.39, 0.29) is 23.0 Å². The Kier molecular flexibility index (Phi) is 5.37. The molecule has 0 spiro atoms. The van der Waals surface area contributed by atoms with Gasteiger partial charge in [0, 0.05) is 0 Å². The number of ketones is 1. The van der Waals surface area contributed by atoms with Crippen LogP contribution in [0.3, 0.4) is 0 Å². The molecule has 0 atom stereocenters. The Morgan fingerprint density at radius 3 is 2.74 bits per heavy atom. The van der Waals surface area contributed by atoms with Gasteiger partial charge in [0.15, 0.2) is 11.5 Å². The third-order valence-corrected chi connectivity index (χ3v) is 3.07. The van der Waals surface area contributed by atoms with Gasteiger partial charge in [-0.3, -0.25) is 14.6 Å². The normalized spacial score (nSPS) is 11.3. The van der Waals surface area contributed by atoms with Crippen molar-refractivity contribution in [3.8, 4) is 0 Å². The van der Waals surface area contributed by atoms with Crippen LogP contribution in [0.2, 0.25) is 0 Å². The average molecular weight is 283 g/mol. The lowest BCUT2D eigenvalue weighted by Crippen LogP contribution is -2.06. The van der Waals surface area contributed by atoms with Crippen molar-refractivity contribution in [1.82, 2.24) is 4.98 Å². The molecular weight excluding hydrogens is 270 g/mol. The van der Waals surface area contributed by atoms with Crippen molar-refractivity contribution >= 4 is 35.7 Å². The molecule has 1 rings (SSSR count). The summed E-state index contributed by atoms with van der Waals surface area (Å²) in [6.45, 7) is 5.09. The number of allylic oxidation sites excluding steroid dienone is 1. The predicted octanol–water partition coefficient (Wildman–Crippen LogP) is 1.40. The molecule has 1 heterocycles. The molecule has 102 valence electrons. The molecule has 0 aliphatic carbocycles. The molecule has 0 bridgehead atoms. The van der Waals surface area contributed by atoms with Gasteiger partial charge in [-0.2, -0.15) is 0 Å². The molecule has 0 saturated carbocycles. The van der Waals surface area contributed by atoms with E-state index in [1.165, 1.54) is 12.2 Å². The summed E-state index contributed by atoms with van der Waals surface area (Å²) in [4.78, 5) is 35.4. The van der Waals surface area contributed by atoms with Gasteiger partial charge in [0.25, 0.3) is 0 Å². The van der Waals surface area contributed by atoms with Gasteiger partial charge in [-0.15, -0.1) is 11.8 Å². The number of hydrogen-bond acceptors (Lipinski definition) is 5. The first-order chi connectivity index (χ1) is 8.93. The van der Waals surface area contributed by atoms with Crippen LogP contribution in [0.15, 0.2) is 21.4 Å². The molecule has 0 aromatic carbocycles. The Hall–Kier alpha value is -2.02. The van der Waals surface area contributed by atoms with Crippen molar-refractivity contribution in [2.45, 2.75) is 6.92 Å². The molecule has 0 radical (unpaired) electrons. The van der Waals surface area contributed by atoms with E-state index in [0.717, 1.165) is 11.8 Å². The summed E-state index contributed by atoms with van der Waals surface area (Å²) < 4.78 is 4.86. The number of aromatic amines is 1. The highest BCUT2D eigenvalue weighted by molar-refractivity contribution is 8.00. The molecule has 0 saturated heterocycles. The van der Waals surface area contributed by atoms with Gasteiger partial charge >= 0.3 is 11.7 Å². The zero-order valence-electron chi connectivity index (χ0n) is 10.3. The van der Waals surface area contributed by atoms with E-state index in [4.69, 9.17) is 9.52 Å². The van der Waals surface area contributed by atoms with Gasteiger partial charge in [0.05, 0.1) is 17.2 Å². The maximum atomic E-state index is 11.7. The fourth-order valence-electron chi connectivity index (χ4n) is 1.23. The summed E-state index contributed by atoms with van der Waals surface area (Å²) in [5.41, 5.74) is 0.777. The molecule has 7 heteroatoms. The number of Topliss-reactive ketones (excluding diaryl/α,β-unsaturated/α-hetero) is 1. The number of thioether (sulfide) groups is 1. The summed E-state index contributed by atoms with van der Waals surface area (Å²) >= 11 is 1.01. The SMILES string of the molecule is C=Cc1[nH]c(=O)oc1/C=C(\C)C(=O)CSCC(=O)O. The third kappa shape index (κ3) is 4.63. The lowest BCUT2D eigenvalue weighted by molar-refractivity contribution is -0.133. The first-order valence-corrected chi connectivity index (χ1v) is 6.46. The van der Waals surface area contributed by atoms with E-state index in [1.807, 2.05) is 0 Å². The minimum Gasteiger partial charge on any atom is -0.481 e. The highest BCUT2D eigenvalue weighted by Gasteiger charge is 2.10. The zero-order chi connectivity index (χ0) is 14.4. The number of hydrogen-bond donors (Lipinski definition) is 2. The topological polar surface area (TPSA) is 100 Å². The molecule has 1 aromatic rings. The van der Waals surface area contributed by atoms with Crippen LogP contribution in [0.4, 0.5) is 0 Å². The second-order valence-electron chi connectivity index (χ2n) is 3.63. The number of carbonyl (C=O) groups excluding carboxylic acids is 1. The van der Waals surface area contributed by atoms with Crippen LogP contribution in [0.5, 0.6) is 0 Å². The maximum absolute atomic E-state index is 11.7. The maximum Gasteiger partial charge on any atom is 0.417 e. The van der Waals surface area contributed by atoms with Crippen LogP contribution in [-0.4, -0.2) is 33.3 Å². The number of aromatic nitrogens is 1. The average Bonchev–Trinajstić information content (AvgIpc) is 2.68. The Labute approximate surface area is 113 Å². The molecule has 6 nitrogen and oxygen atoms in total. The van der Waals surface area contributed by atoms with Crippen molar-refractivity contribution in [3.63, 3.8) is 0 Å². The van der Waals surface area contributed by atoms with Crippen molar-refractivity contribution in [2.75, 3.05) is 11.5 Å². The lowest BCUT2D eigenvalue weighted by Gasteiger charge is -1.99. The van der Waals surface area contributed by atoms with Crippen molar-refractivity contribution in [3.05, 3.63) is 34.2 Å².